The summed E-state index contributed by atoms with van der Waals surface area (Å²) >= 11 is 1.90. The fourth-order valence-corrected chi connectivity index (χ4v) is 2.28. The van der Waals surface area contributed by atoms with Crippen LogP contribution in [0.15, 0.2) is 12.1 Å². The van der Waals surface area contributed by atoms with Crippen molar-refractivity contribution in [3.05, 3.63) is 21.9 Å². The average Bonchev–Trinajstić information content (AvgIpc) is 2.32. The van der Waals surface area contributed by atoms with Crippen molar-refractivity contribution in [1.82, 2.24) is 5.32 Å². The monoisotopic (exact) mass is 181 g/mol. The lowest BCUT2D eigenvalue weighted by molar-refractivity contribution is 0.339. The fraction of sp³-hybridized carbons (Fsp3) is 0.600. The van der Waals surface area contributed by atoms with Gasteiger partial charge in [-0.3, -0.25) is 0 Å². The fourth-order valence-electron chi connectivity index (χ4n) is 1.44. The van der Waals surface area contributed by atoms with Gasteiger partial charge in [0.25, 0.3) is 0 Å². The molecule has 0 atom stereocenters. The predicted molar refractivity (Wildman–Crippen MR) is 53.5 cm³/mol. The maximum Gasteiger partial charge on any atom is 0.0302 e. The summed E-state index contributed by atoms with van der Waals surface area (Å²) in [6.45, 7) is 3.24. The van der Waals surface area contributed by atoms with Gasteiger partial charge in [-0.25, -0.2) is 0 Å². The van der Waals surface area contributed by atoms with E-state index in [9.17, 15) is 0 Å². The van der Waals surface area contributed by atoms with E-state index in [2.05, 4.69) is 24.4 Å². The minimum absolute atomic E-state index is 0.812. The molecule has 0 aromatic carbocycles. The van der Waals surface area contributed by atoms with E-state index in [1.54, 1.807) is 0 Å². The van der Waals surface area contributed by atoms with Gasteiger partial charge in [0.2, 0.25) is 0 Å². The van der Waals surface area contributed by atoms with Crippen molar-refractivity contribution in [3.8, 4) is 0 Å². The maximum atomic E-state index is 3.56. The molecule has 1 N–H and O–H groups in total. The maximum absolute atomic E-state index is 3.56. The molecular formula is C10H15NS. The smallest absolute Gasteiger partial charge is 0.0302 e. The van der Waals surface area contributed by atoms with E-state index in [1.165, 1.54) is 29.0 Å². The second kappa shape index (κ2) is 3.58. The van der Waals surface area contributed by atoms with Crippen LogP contribution in [0.1, 0.15) is 29.0 Å². The second-order valence-electron chi connectivity index (χ2n) is 3.52. The lowest BCUT2D eigenvalue weighted by Gasteiger charge is -2.26. The van der Waals surface area contributed by atoms with Gasteiger partial charge in [0.1, 0.15) is 0 Å². The Bertz CT molecular complexity index is 250. The lowest BCUT2D eigenvalue weighted by atomic mass is 9.93. The highest BCUT2D eigenvalue weighted by molar-refractivity contribution is 7.11. The van der Waals surface area contributed by atoms with Crippen molar-refractivity contribution < 1.29 is 0 Å². The molecule has 1 aromatic heterocycles. The van der Waals surface area contributed by atoms with E-state index < -0.39 is 0 Å². The van der Waals surface area contributed by atoms with Gasteiger partial charge in [-0.05, 0) is 31.9 Å². The van der Waals surface area contributed by atoms with E-state index >= 15 is 0 Å². The van der Waals surface area contributed by atoms with Crippen LogP contribution in [-0.2, 0) is 6.54 Å². The third-order valence-corrected chi connectivity index (χ3v) is 3.47. The molecule has 0 unspecified atom stereocenters. The van der Waals surface area contributed by atoms with Gasteiger partial charge in [0.05, 0.1) is 0 Å². The number of nitrogens with one attached hydrogen (secondary N) is 1. The molecule has 1 aliphatic carbocycles. The molecule has 2 rings (SSSR count). The molecule has 1 saturated carbocycles. The van der Waals surface area contributed by atoms with Gasteiger partial charge in [-0.2, -0.15) is 0 Å². The Morgan fingerprint density at radius 1 is 1.50 bits per heavy atom. The zero-order chi connectivity index (χ0) is 8.39. The standard InChI is InChI=1S/C10H15NS/c1-8-5-6-10(12-8)7-11-9-3-2-4-9/h5-6,9,11H,2-4,7H2,1H3. The van der Waals surface area contributed by atoms with E-state index in [0.29, 0.717) is 0 Å². The Morgan fingerprint density at radius 3 is 2.83 bits per heavy atom. The quantitative estimate of drug-likeness (QED) is 0.756. The van der Waals surface area contributed by atoms with Gasteiger partial charge in [0, 0.05) is 22.3 Å². The van der Waals surface area contributed by atoms with Crippen molar-refractivity contribution in [2.45, 2.75) is 38.8 Å². The minimum atomic E-state index is 0.812. The molecule has 0 radical (unpaired) electrons. The van der Waals surface area contributed by atoms with Crippen LogP contribution in [0.2, 0.25) is 0 Å². The van der Waals surface area contributed by atoms with Crippen LogP contribution in [0.4, 0.5) is 0 Å². The second-order valence-corrected chi connectivity index (χ2v) is 4.89. The normalized spacial score (nSPS) is 17.8. The van der Waals surface area contributed by atoms with Crippen molar-refractivity contribution in [3.63, 3.8) is 0 Å². The summed E-state index contributed by atoms with van der Waals surface area (Å²) in [5, 5.41) is 3.56. The van der Waals surface area contributed by atoms with Gasteiger partial charge in [-0.15, -0.1) is 11.3 Å². The molecule has 0 bridgehead atoms. The van der Waals surface area contributed by atoms with Crippen LogP contribution in [-0.4, -0.2) is 6.04 Å². The van der Waals surface area contributed by atoms with Crippen molar-refractivity contribution >= 4 is 11.3 Å². The summed E-state index contributed by atoms with van der Waals surface area (Å²) in [6, 6.07) is 5.24. The molecule has 2 heteroatoms. The SMILES string of the molecule is Cc1ccc(CNC2CCC2)s1. The van der Waals surface area contributed by atoms with E-state index in [0.717, 1.165) is 12.6 Å². The van der Waals surface area contributed by atoms with Gasteiger partial charge >= 0.3 is 0 Å². The van der Waals surface area contributed by atoms with Crippen LogP contribution in [0.5, 0.6) is 0 Å². The van der Waals surface area contributed by atoms with E-state index in [4.69, 9.17) is 0 Å². The third kappa shape index (κ3) is 1.87. The Balaban J connectivity index is 1.79. The third-order valence-electron chi connectivity index (χ3n) is 2.47. The Labute approximate surface area is 77.8 Å². The summed E-state index contributed by atoms with van der Waals surface area (Å²) < 4.78 is 0. The lowest BCUT2D eigenvalue weighted by Crippen LogP contribution is -2.34. The number of thiophene rings is 1. The zero-order valence-corrected chi connectivity index (χ0v) is 8.29. The Kier molecular flexibility index (Phi) is 2.47. The van der Waals surface area contributed by atoms with E-state index in [1.807, 2.05) is 11.3 Å². The number of hydrogen-bond acceptors (Lipinski definition) is 2. The predicted octanol–water partition coefficient (Wildman–Crippen LogP) is 2.70. The first kappa shape index (κ1) is 8.27. The summed E-state index contributed by atoms with van der Waals surface area (Å²) in [6.07, 6.45) is 4.18. The number of rotatable bonds is 3. The molecular weight excluding hydrogens is 166 g/mol. The highest BCUT2D eigenvalue weighted by atomic mass is 32.1. The highest BCUT2D eigenvalue weighted by Crippen LogP contribution is 2.20. The Morgan fingerprint density at radius 2 is 2.33 bits per heavy atom. The summed E-state index contributed by atoms with van der Waals surface area (Å²) in [7, 11) is 0. The van der Waals surface area contributed by atoms with Crippen molar-refractivity contribution in [1.29, 1.82) is 0 Å². The first-order chi connectivity index (χ1) is 5.84. The van der Waals surface area contributed by atoms with Gasteiger partial charge < -0.3 is 5.32 Å². The summed E-state index contributed by atoms with van der Waals surface area (Å²) in [5.41, 5.74) is 0. The molecule has 1 aliphatic rings. The molecule has 1 nitrogen and oxygen atoms in total. The van der Waals surface area contributed by atoms with Crippen LogP contribution in [0, 0.1) is 6.92 Å². The van der Waals surface area contributed by atoms with Crippen LogP contribution < -0.4 is 5.32 Å². The molecule has 1 aromatic rings. The number of hydrogen-bond donors (Lipinski definition) is 1. The molecule has 0 amide bonds. The molecule has 66 valence electrons. The topological polar surface area (TPSA) is 12.0 Å². The average molecular weight is 181 g/mol. The molecule has 12 heavy (non-hydrogen) atoms. The minimum Gasteiger partial charge on any atom is -0.309 e. The largest absolute Gasteiger partial charge is 0.309 e. The first-order valence-corrected chi connectivity index (χ1v) is 5.45. The summed E-state index contributed by atoms with van der Waals surface area (Å²) in [5.74, 6) is 0. The van der Waals surface area contributed by atoms with Gasteiger partial charge in [0.15, 0.2) is 0 Å². The van der Waals surface area contributed by atoms with Gasteiger partial charge in [-0.1, -0.05) is 6.42 Å². The molecule has 0 saturated heterocycles. The van der Waals surface area contributed by atoms with Crippen molar-refractivity contribution in [2.24, 2.45) is 0 Å². The molecule has 0 aliphatic heterocycles. The van der Waals surface area contributed by atoms with E-state index in [-0.39, 0.29) is 0 Å². The van der Waals surface area contributed by atoms with Crippen LogP contribution in [0.3, 0.4) is 0 Å². The Hall–Kier alpha value is -0.340. The van der Waals surface area contributed by atoms with Crippen molar-refractivity contribution in [2.75, 3.05) is 0 Å². The molecule has 0 spiro atoms. The highest BCUT2D eigenvalue weighted by Gasteiger charge is 2.16. The summed E-state index contributed by atoms with van der Waals surface area (Å²) in [4.78, 5) is 2.89. The number of aryl methyl sites for hydroxylation is 1. The van der Waals surface area contributed by atoms with Crippen LogP contribution in [0.25, 0.3) is 0 Å². The zero-order valence-electron chi connectivity index (χ0n) is 7.47. The first-order valence-electron chi connectivity index (χ1n) is 4.63. The molecule has 1 fully saturated rings. The van der Waals surface area contributed by atoms with Crippen LogP contribution >= 0.6 is 11.3 Å². The molecule has 1 heterocycles.